The van der Waals surface area contributed by atoms with Gasteiger partial charge in [0.2, 0.25) is 0 Å². The van der Waals surface area contributed by atoms with Crippen molar-refractivity contribution in [3.63, 3.8) is 0 Å². The summed E-state index contributed by atoms with van der Waals surface area (Å²) in [6.45, 7) is 5.70. The number of nitrogens with zero attached hydrogens (tertiary/aromatic N) is 2. The fraction of sp³-hybridized carbons (Fsp3) is 0.222. The minimum atomic E-state index is -0.844. The van der Waals surface area contributed by atoms with Crippen LogP contribution in [-0.2, 0) is 9.53 Å². The Kier molecular flexibility index (Phi) is 7.85. The molecular formula is C27H25ClN2O6S. The Morgan fingerprint density at radius 3 is 2.54 bits per heavy atom. The second-order valence-corrected chi connectivity index (χ2v) is 9.42. The number of thiazole rings is 1. The van der Waals surface area contributed by atoms with Crippen LogP contribution in [0, 0.1) is 0 Å². The molecule has 0 N–H and O–H groups in total. The van der Waals surface area contributed by atoms with E-state index in [-0.39, 0.29) is 11.1 Å². The van der Waals surface area contributed by atoms with Gasteiger partial charge in [-0.15, -0.1) is 0 Å². The molecular weight excluding hydrogens is 516 g/mol. The lowest BCUT2D eigenvalue weighted by Crippen LogP contribution is -2.40. The van der Waals surface area contributed by atoms with Crippen molar-refractivity contribution in [2.24, 2.45) is 4.99 Å². The molecule has 0 spiro atoms. The van der Waals surface area contributed by atoms with Crippen molar-refractivity contribution >= 4 is 35.0 Å². The van der Waals surface area contributed by atoms with Gasteiger partial charge in [0.1, 0.15) is 18.4 Å². The summed E-state index contributed by atoms with van der Waals surface area (Å²) in [5.74, 6) is 0.962. The fourth-order valence-corrected chi connectivity index (χ4v) is 5.33. The Labute approximate surface area is 222 Å². The van der Waals surface area contributed by atoms with Crippen molar-refractivity contribution in [1.29, 1.82) is 0 Å². The summed E-state index contributed by atoms with van der Waals surface area (Å²) in [5.41, 5.74) is 1.62. The summed E-state index contributed by atoms with van der Waals surface area (Å²) >= 11 is 7.53. The first-order valence-electron chi connectivity index (χ1n) is 11.2. The first-order chi connectivity index (χ1) is 17.8. The van der Waals surface area contributed by atoms with Crippen LogP contribution in [0.3, 0.4) is 0 Å². The van der Waals surface area contributed by atoms with Crippen LogP contribution in [0.25, 0.3) is 6.08 Å². The number of rotatable bonds is 8. The van der Waals surface area contributed by atoms with E-state index >= 15 is 0 Å². The number of hydrogen-bond acceptors (Lipinski definition) is 8. The summed E-state index contributed by atoms with van der Waals surface area (Å²) in [7, 11) is 4.35. The summed E-state index contributed by atoms with van der Waals surface area (Å²) in [4.78, 5) is 31.7. The lowest BCUT2D eigenvalue weighted by atomic mass is 9.95. The second-order valence-electron chi connectivity index (χ2n) is 7.97. The van der Waals surface area contributed by atoms with Crippen LogP contribution in [0.5, 0.6) is 17.2 Å². The van der Waals surface area contributed by atoms with Crippen molar-refractivity contribution in [3.8, 4) is 17.2 Å². The number of carbonyl (C=O) groups is 1. The number of aromatic nitrogens is 1. The predicted octanol–water partition coefficient (Wildman–Crippen LogP) is 3.64. The Hall–Kier alpha value is -3.82. The lowest BCUT2D eigenvalue weighted by molar-refractivity contribution is -0.136. The second kappa shape index (κ2) is 11.1. The van der Waals surface area contributed by atoms with Gasteiger partial charge in [0.05, 0.1) is 37.1 Å². The highest BCUT2D eigenvalue weighted by molar-refractivity contribution is 7.07. The van der Waals surface area contributed by atoms with E-state index in [2.05, 4.69) is 11.6 Å². The van der Waals surface area contributed by atoms with Gasteiger partial charge in [-0.3, -0.25) is 9.36 Å². The number of methoxy groups -OCH3 is 3. The van der Waals surface area contributed by atoms with Crippen LogP contribution in [0.2, 0.25) is 5.02 Å². The molecule has 0 saturated heterocycles. The molecule has 1 aliphatic heterocycles. The van der Waals surface area contributed by atoms with Crippen molar-refractivity contribution in [3.05, 3.63) is 96.2 Å². The molecule has 0 aliphatic carbocycles. The van der Waals surface area contributed by atoms with Gasteiger partial charge in [0.25, 0.3) is 5.56 Å². The van der Waals surface area contributed by atoms with Gasteiger partial charge in [-0.1, -0.05) is 41.7 Å². The van der Waals surface area contributed by atoms with Crippen LogP contribution in [0.4, 0.5) is 0 Å². The SMILES string of the molecule is C=CCOc1ccc(/C=c2\sc3n(c2=O)[C@@H](c2cc(Cl)ccc2OC)C(C(=O)OC)=C(C)N=3)cc1OC. The molecule has 192 valence electrons. The molecule has 10 heteroatoms. The maximum Gasteiger partial charge on any atom is 0.338 e. The monoisotopic (exact) mass is 540 g/mol. The quantitative estimate of drug-likeness (QED) is 0.320. The zero-order valence-corrected chi connectivity index (χ0v) is 22.3. The highest BCUT2D eigenvalue weighted by Gasteiger charge is 2.35. The van der Waals surface area contributed by atoms with E-state index < -0.39 is 12.0 Å². The topological polar surface area (TPSA) is 88.4 Å². The zero-order chi connectivity index (χ0) is 26.7. The normalized spacial score (nSPS) is 15.1. The lowest BCUT2D eigenvalue weighted by Gasteiger charge is -2.25. The highest BCUT2D eigenvalue weighted by Crippen LogP contribution is 2.37. The number of halogens is 1. The zero-order valence-electron chi connectivity index (χ0n) is 20.7. The van der Waals surface area contributed by atoms with E-state index in [4.69, 9.17) is 30.5 Å². The maximum absolute atomic E-state index is 13.8. The largest absolute Gasteiger partial charge is 0.496 e. The van der Waals surface area contributed by atoms with Crippen molar-refractivity contribution in [1.82, 2.24) is 4.57 Å². The number of ether oxygens (including phenoxy) is 4. The summed E-state index contributed by atoms with van der Waals surface area (Å²) in [6, 6.07) is 9.57. The molecule has 3 aromatic rings. The van der Waals surface area contributed by atoms with E-state index in [9.17, 15) is 9.59 Å². The van der Waals surface area contributed by atoms with E-state index in [1.165, 1.54) is 30.1 Å². The molecule has 37 heavy (non-hydrogen) atoms. The molecule has 8 nitrogen and oxygen atoms in total. The van der Waals surface area contributed by atoms with Crippen molar-refractivity contribution < 1.29 is 23.7 Å². The molecule has 1 aliphatic rings. The molecule has 4 rings (SSSR count). The molecule has 2 aromatic carbocycles. The van der Waals surface area contributed by atoms with E-state index in [1.807, 2.05) is 6.07 Å². The van der Waals surface area contributed by atoms with Gasteiger partial charge in [-0.05, 0) is 48.9 Å². The summed E-state index contributed by atoms with van der Waals surface area (Å²) in [5, 5.41) is 0.433. The maximum atomic E-state index is 13.8. The Morgan fingerprint density at radius 2 is 1.86 bits per heavy atom. The fourth-order valence-electron chi connectivity index (χ4n) is 4.10. The number of hydrogen-bond donors (Lipinski definition) is 0. The number of fused-ring (bicyclic) bond motifs is 1. The van der Waals surface area contributed by atoms with Gasteiger partial charge in [-0.25, -0.2) is 9.79 Å². The van der Waals surface area contributed by atoms with Crippen LogP contribution in [0.1, 0.15) is 24.1 Å². The van der Waals surface area contributed by atoms with Gasteiger partial charge in [0.15, 0.2) is 16.3 Å². The molecule has 0 amide bonds. The third kappa shape index (κ3) is 5.05. The molecule has 0 fully saturated rings. The van der Waals surface area contributed by atoms with Crippen LogP contribution >= 0.6 is 22.9 Å². The van der Waals surface area contributed by atoms with Crippen molar-refractivity contribution in [2.75, 3.05) is 27.9 Å². The minimum Gasteiger partial charge on any atom is -0.496 e. The van der Waals surface area contributed by atoms with Crippen LogP contribution in [0.15, 0.2) is 70.1 Å². The van der Waals surface area contributed by atoms with Gasteiger partial charge in [0, 0.05) is 10.6 Å². The average molecular weight is 541 g/mol. The summed E-state index contributed by atoms with van der Waals surface area (Å²) in [6.07, 6.45) is 3.39. The van der Waals surface area contributed by atoms with E-state index in [0.717, 1.165) is 5.56 Å². The smallest absolute Gasteiger partial charge is 0.338 e. The van der Waals surface area contributed by atoms with Gasteiger partial charge >= 0.3 is 5.97 Å². The van der Waals surface area contributed by atoms with Gasteiger partial charge < -0.3 is 18.9 Å². The molecule has 1 atom stereocenters. The third-order valence-electron chi connectivity index (χ3n) is 5.76. The molecule has 0 bridgehead atoms. The van der Waals surface area contributed by atoms with Crippen molar-refractivity contribution in [2.45, 2.75) is 13.0 Å². The van der Waals surface area contributed by atoms with Gasteiger partial charge in [-0.2, -0.15) is 0 Å². The Balaban J connectivity index is 1.93. The third-order valence-corrected chi connectivity index (χ3v) is 6.97. The molecule has 2 heterocycles. The standard InChI is InChI=1S/C27H25ClN2O6S/c1-6-11-36-20-9-7-16(12-21(20)34-4)13-22-25(31)30-24(18-14-17(28)8-10-19(18)33-3)23(26(32)35-5)15(2)29-27(30)37-22/h6-10,12-14,24H,1,11H2,2-5H3/b22-13-/t24-/m0/s1. The number of benzene rings is 2. The highest BCUT2D eigenvalue weighted by atomic mass is 35.5. The Bertz CT molecular complexity index is 1590. The molecule has 0 unspecified atom stereocenters. The first kappa shape index (κ1) is 26.2. The van der Waals surface area contributed by atoms with Crippen LogP contribution in [-0.4, -0.2) is 38.5 Å². The summed E-state index contributed by atoms with van der Waals surface area (Å²) < 4.78 is 23.6. The minimum absolute atomic E-state index is 0.229. The Morgan fingerprint density at radius 1 is 1.14 bits per heavy atom. The average Bonchev–Trinajstić information content (AvgIpc) is 3.20. The molecule has 0 saturated carbocycles. The number of esters is 1. The molecule has 0 radical (unpaired) electrons. The van der Waals surface area contributed by atoms with E-state index in [1.54, 1.807) is 56.5 Å². The van der Waals surface area contributed by atoms with E-state index in [0.29, 0.717) is 49.5 Å². The first-order valence-corrected chi connectivity index (χ1v) is 12.4. The van der Waals surface area contributed by atoms with Crippen LogP contribution < -0.4 is 29.1 Å². The molecule has 1 aromatic heterocycles. The predicted molar refractivity (Wildman–Crippen MR) is 142 cm³/mol. The number of carbonyl (C=O) groups excluding carboxylic acids is 1. The number of allylic oxidation sites excluding steroid dienone is 1.